The molecule has 2 aromatic carbocycles. The molecule has 0 saturated carbocycles. The summed E-state index contributed by atoms with van der Waals surface area (Å²) in [6.07, 6.45) is 2.33. The van der Waals surface area contributed by atoms with Crippen LogP contribution in [0, 0.1) is 5.82 Å². The molecule has 3 rings (SSSR count). The number of nitrogens with zero attached hydrogens (tertiary/aromatic N) is 1. The van der Waals surface area contributed by atoms with Crippen LogP contribution >= 0.6 is 15.9 Å². The van der Waals surface area contributed by atoms with Crippen LogP contribution in [0.2, 0.25) is 0 Å². The number of nitrogens with one attached hydrogen (secondary N) is 1. The quantitative estimate of drug-likeness (QED) is 0.831. The second-order valence-electron chi connectivity index (χ2n) is 6.03. The first kappa shape index (κ1) is 17.1. The van der Waals surface area contributed by atoms with Crippen LogP contribution in [0.15, 0.2) is 53.0 Å². The number of likely N-dealkylation sites (tertiary alicyclic amines) is 1. The maximum Gasteiger partial charge on any atom is 0.251 e. The van der Waals surface area contributed by atoms with Crippen LogP contribution in [0.25, 0.3) is 0 Å². The van der Waals surface area contributed by atoms with Crippen LogP contribution in [0.3, 0.4) is 0 Å². The Morgan fingerprint density at radius 1 is 1.08 bits per heavy atom. The van der Waals surface area contributed by atoms with Crippen molar-refractivity contribution < 1.29 is 9.18 Å². The van der Waals surface area contributed by atoms with E-state index in [1.807, 2.05) is 24.3 Å². The van der Waals surface area contributed by atoms with E-state index >= 15 is 0 Å². The lowest BCUT2D eigenvalue weighted by Crippen LogP contribution is -2.36. The van der Waals surface area contributed by atoms with Gasteiger partial charge in [-0.3, -0.25) is 9.69 Å². The van der Waals surface area contributed by atoms with Gasteiger partial charge in [-0.1, -0.05) is 28.1 Å². The summed E-state index contributed by atoms with van der Waals surface area (Å²) in [5, 5.41) is 3.02. The van der Waals surface area contributed by atoms with Crippen molar-refractivity contribution in [2.45, 2.75) is 18.9 Å². The highest BCUT2D eigenvalue weighted by Gasteiger charge is 2.24. The summed E-state index contributed by atoms with van der Waals surface area (Å²) in [7, 11) is 0. The second kappa shape index (κ2) is 7.90. The summed E-state index contributed by atoms with van der Waals surface area (Å²) in [6, 6.07) is 14.0. The van der Waals surface area contributed by atoms with Crippen LogP contribution in [0.4, 0.5) is 4.39 Å². The molecule has 1 amide bonds. The van der Waals surface area contributed by atoms with Gasteiger partial charge >= 0.3 is 0 Å². The summed E-state index contributed by atoms with van der Waals surface area (Å²) in [6.45, 7) is 2.53. The highest BCUT2D eigenvalue weighted by Crippen LogP contribution is 2.25. The van der Waals surface area contributed by atoms with E-state index < -0.39 is 0 Å². The first-order valence-corrected chi connectivity index (χ1v) is 8.96. The van der Waals surface area contributed by atoms with Gasteiger partial charge in [0.15, 0.2) is 0 Å². The molecule has 2 aromatic rings. The number of carbonyl (C=O) groups is 1. The molecule has 1 unspecified atom stereocenters. The van der Waals surface area contributed by atoms with Gasteiger partial charge in [-0.2, -0.15) is 0 Å². The Hall–Kier alpha value is -1.72. The Bertz CT molecular complexity index is 682. The molecule has 1 fully saturated rings. The summed E-state index contributed by atoms with van der Waals surface area (Å²) < 4.78 is 14.2. The van der Waals surface area contributed by atoms with Gasteiger partial charge in [-0.15, -0.1) is 0 Å². The monoisotopic (exact) mass is 390 g/mol. The second-order valence-corrected chi connectivity index (χ2v) is 6.94. The molecule has 3 nitrogen and oxygen atoms in total. The van der Waals surface area contributed by atoms with Gasteiger partial charge in [-0.05, 0) is 67.9 Å². The molecule has 1 atom stereocenters. The van der Waals surface area contributed by atoms with Gasteiger partial charge < -0.3 is 5.32 Å². The number of amides is 1. The molecular formula is C19H20BrFN2O. The molecule has 0 bridgehead atoms. The van der Waals surface area contributed by atoms with Crippen LogP contribution < -0.4 is 5.32 Å². The molecule has 1 saturated heterocycles. The third-order valence-corrected chi connectivity index (χ3v) is 4.93. The van der Waals surface area contributed by atoms with Crippen molar-refractivity contribution in [3.63, 3.8) is 0 Å². The summed E-state index contributed by atoms with van der Waals surface area (Å²) >= 11 is 3.37. The molecule has 0 spiro atoms. The lowest BCUT2D eigenvalue weighted by atomic mass is 10.1. The summed E-state index contributed by atoms with van der Waals surface area (Å²) in [5.74, 6) is -0.327. The third-order valence-electron chi connectivity index (χ3n) is 4.40. The molecule has 0 radical (unpaired) electrons. The Balaban J connectivity index is 1.70. The molecule has 1 aliphatic rings. The number of halogens is 2. The van der Waals surface area contributed by atoms with Gasteiger partial charge in [0.05, 0.1) is 6.04 Å². The fourth-order valence-electron chi connectivity index (χ4n) is 3.09. The minimum atomic E-state index is -0.238. The SMILES string of the molecule is O=C(NCC(c1ccc(F)cc1)N1CCCC1)c1ccc(Br)cc1. The summed E-state index contributed by atoms with van der Waals surface area (Å²) in [4.78, 5) is 14.7. The van der Waals surface area contributed by atoms with Gasteiger partial charge in [0, 0.05) is 16.6 Å². The Kier molecular flexibility index (Phi) is 5.63. The highest BCUT2D eigenvalue weighted by molar-refractivity contribution is 9.10. The van der Waals surface area contributed by atoms with Crippen molar-refractivity contribution in [2.24, 2.45) is 0 Å². The predicted octanol–water partition coefficient (Wildman–Crippen LogP) is 4.16. The number of benzene rings is 2. The first-order chi connectivity index (χ1) is 11.6. The summed E-state index contributed by atoms with van der Waals surface area (Å²) in [5.41, 5.74) is 1.67. The molecule has 5 heteroatoms. The normalized spacial score (nSPS) is 16.1. The number of rotatable bonds is 5. The van der Waals surface area contributed by atoms with E-state index in [2.05, 4.69) is 26.1 Å². The molecule has 24 heavy (non-hydrogen) atoms. The van der Waals surface area contributed by atoms with Crippen molar-refractivity contribution >= 4 is 21.8 Å². The van der Waals surface area contributed by atoms with E-state index in [0.717, 1.165) is 23.1 Å². The van der Waals surface area contributed by atoms with Gasteiger partial charge in [0.25, 0.3) is 5.91 Å². The van der Waals surface area contributed by atoms with E-state index in [-0.39, 0.29) is 17.8 Å². The Labute approximate surface area is 150 Å². The largest absolute Gasteiger partial charge is 0.350 e. The lowest BCUT2D eigenvalue weighted by molar-refractivity contribution is 0.0938. The van der Waals surface area contributed by atoms with Crippen molar-refractivity contribution in [1.29, 1.82) is 0 Å². The fraction of sp³-hybridized carbons (Fsp3) is 0.316. The average molecular weight is 391 g/mol. The number of hydrogen-bond donors (Lipinski definition) is 1. The van der Waals surface area contributed by atoms with Gasteiger partial charge in [0.1, 0.15) is 5.82 Å². The maximum absolute atomic E-state index is 13.2. The zero-order chi connectivity index (χ0) is 16.9. The Morgan fingerprint density at radius 3 is 2.33 bits per heavy atom. The topological polar surface area (TPSA) is 32.3 Å². The van der Waals surface area contributed by atoms with Crippen molar-refractivity contribution in [1.82, 2.24) is 10.2 Å². The van der Waals surface area contributed by atoms with Crippen LogP contribution in [-0.2, 0) is 0 Å². The zero-order valence-electron chi connectivity index (χ0n) is 13.3. The molecule has 0 aliphatic carbocycles. The third kappa shape index (κ3) is 4.22. The minimum absolute atomic E-state index is 0.0764. The van der Waals surface area contributed by atoms with E-state index in [9.17, 15) is 9.18 Å². The van der Waals surface area contributed by atoms with Gasteiger partial charge in [0.2, 0.25) is 0 Å². The standard InChI is InChI=1S/C19H20BrFN2O/c20-16-7-3-15(4-8-16)19(24)22-13-18(23-11-1-2-12-23)14-5-9-17(21)10-6-14/h3-10,18H,1-2,11-13H2,(H,22,24). The first-order valence-electron chi connectivity index (χ1n) is 8.17. The minimum Gasteiger partial charge on any atom is -0.350 e. The van der Waals surface area contributed by atoms with Crippen molar-refractivity contribution in [3.05, 3.63) is 69.9 Å². The molecule has 0 aromatic heterocycles. The van der Waals surface area contributed by atoms with Crippen LogP contribution in [0.5, 0.6) is 0 Å². The van der Waals surface area contributed by atoms with Crippen molar-refractivity contribution in [2.75, 3.05) is 19.6 Å². The predicted molar refractivity (Wildman–Crippen MR) is 96.4 cm³/mol. The van der Waals surface area contributed by atoms with E-state index in [0.29, 0.717) is 12.1 Å². The molecule has 126 valence electrons. The average Bonchev–Trinajstić information content (AvgIpc) is 3.11. The zero-order valence-corrected chi connectivity index (χ0v) is 14.9. The maximum atomic E-state index is 13.2. The number of carbonyl (C=O) groups excluding carboxylic acids is 1. The van der Waals surface area contributed by atoms with E-state index in [1.54, 1.807) is 12.1 Å². The molecule has 1 heterocycles. The van der Waals surface area contributed by atoms with Crippen molar-refractivity contribution in [3.8, 4) is 0 Å². The van der Waals surface area contributed by atoms with Crippen LogP contribution in [-0.4, -0.2) is 30.4 Å². The van der Waals surface area contributed by atoms with E-state index in [1.165, 1.54) is 25.0 Å². The highest BCUT2D eigenvalue weighted by atomic mass is 79.9. The van der Waals surface area contributed by atoms with E-state index in [4.69, 9.17) is 0 Å². The fourth-order valence-corrected chi connectivity index (χ4v) is 3.35. The molecule has 1 N–H and O–H groups in total. The molecule has 1 aliphatic heterocycles. The smallest absolute Gasteiger partial charge is 0.251 e. The lowest BCUT2D eigenvalue weighted by Gasteiger charge is -2.28. The molecular weight excluding hydrogens is 371 g/mol. The number of hydrogen-bond acceptors (Lipinski definition) is 2. The van der Waals surface area contributed by atoms with Gasteiger partial charge in [-0.25, -0.2) is 4.39 Å². The van der Waals surface area contributed by atoms with Crippen LogP contribution in [0.1, 0.15) is 34.8 Å². The Morgan fingerprint density at radius 2 is 1.71 bits per heavy atom.